The smallest absolute Gasteiger partial charge is 0.0675 e. The minimum absolute atomic E-state index is 0.430. The molecule has 0 unspecified atom stereocenters. The highest BCUT2D eigenvalue weighted by atomic mass is 35.5. The van der Waals surface area contributed by atoms with Gasteiger partial charge in [-0.15, -0.1) is 0 Å². The molecule has 1 aromatic heterocycles. The van der Waals surface area contributed by atoms with Crippen molar-refractivity contribution in [2.24, 2.45) is 0 Å². The Morgan fingerprint density at radius 2 is 2.16 bits per heavy atom. The molecule has 19 heavy (non-hydrogen) atoms. The summed E-state index contributed by atoms with van der Waals surface area (Å²) in [6.07, 6.45) is 6.28. The summed E-state index contributed by atoms with van der Waals surface area (Å²) < 4.78 is 2.29. The van der Waals surface area contributed by atoms with Crippen molar-refractivity contribution >= 4 is 22.5 Å². The van der Waals surface area contributed by atoms with Gasteiger partial charge in [0.1, 0.15) is 0 Å². The molecule has 1 saturated carbocycles. The second kappa shape index (κ2) is 5.18. The fraction of sp³-hybridized carbons (Fsp3) is 0.500. The highest BCUT2D eigenvalue weighted by molar-refractivity contribution is 6.35. The lowest BCUT2D eigenvalue weighted by Crippen LogP contribution is -2.34. The molecule has 1 fully saturated rings. The van der Waals surface area contributed by atoms with Crippen LogP contribution in [0.3, 0.4) is 0 Å². The van der Waals surface area contributed by atoms with E-state index < -0.39 is 0 Å². The summed E-state index contributed by atoms with van der Waals surface area (Å²) in [5.41, 5.74) is 2.53. The summed E-state index contributed by atoms with van der Waals surface area (Å²) in [5.74, 6) is 0. The van der Waals surface area contributed by atoms with Crippen molar-refractivity contribution in [1.29, 1.82) is 0 Å². The molecule has 0 radical (unpaired) electrons. The maximum atomic E-state index is 6.38. The lowest BCUT2D eigenvalue weighted by atomic mass is 9.93. The molecule has 3 rings (SSSR count). The first-order valence-electron chi connectivity index (χ1n) is 7.18. The van der Waals surface area contributed by atoms with Crippen molar-refractivity contribution in [2.75, 3.05) is 0 Å². The van der Waals surface area contributed by atoms with Gasteiger partial charge in [-0.1, -0.05) is 30.2 Å². The minimum Gasteiger partial charge on any atom is -0.343 e. The number of para-hydroxylation sites is 1. The van der Waals surface area contributed by atoms with Crippen LogP contribution < -0.4 is 5.32 Å². The third kappa shape index (κ3) is 2.39. The van der Waals surface area contributed by atoms with Crippen LogP contribution in [0.5, 0.6) is 0 Å². The van der Waals surface area contributed by atoms with E-state index in [4.69, 9.17) is 11.6 Å². The van der Waals surface area contributed by atoms with E-state index in [2.05, 4.69) is 36.0 Å². The number of aromatic nitrogens is 1. The zero-order valence-corrected chi connectivity index (χ0v) is 12.4. The Kier molecular flexibility index (Phi) is 3.55. The van der Waals surface area contributed by atoms with E-state index in [1.165, 1.54) is 35.7 Å². The number of hydrogen-bond donors (Lipinski definition) is 1. The number of halogens is 1. The molecule has 3 heteroatoms. The SMILES string of the molecule is CC(C)n1cc(CNC2CCC2)c2cccc(Cl)c21. The first-order valence-corrected chi connectivity index (χ1v) is 7.56. The van der Waals surface area contributed by atoms with Crippen molar-refractivity contribution in [3.8, 4) is 0 Å². The zero-order valence-electron chi connectivity index (χ0n) is 11.6. The van der Waals surface area contributed by atoms with Crippen molar-refractivity contribution in [2.45, 2.75) is 51.7 Å². The molecule has 0 atom stereocenters. The molecule has 1 N–H and O–H groups in total. The third-order valence-corrected chi connectivity index (χ3v) is 4.43. The van der Waals surface area contributed by atoms with Crippen LogP contribution in [-0.4, -0.2) is 10.6 Å². The Labute approximate surface area is 119 Å². The summed E-state index contributed by atoms with van der Waals surface area (Å²) >= 11 is 6.38. The van der Waals surface area contributed by atoms with E-state index in [1.54, 1.807) is 0 Å². The van der Waals surface area contributed by atoms with Gasteiger partial charge in [-0.2, -0.15) is 0 Å². The maximum absolute atomic E-state index is 6.38. The largest absolute Gasteiger partial charge is 0.343 e. The van der Waals surface area contributed by atoms with Crippen LogP contribution in [-0.2, 0) is 6.54 Å². The molecule has 2 nitrogen and oxygen atoms in total. The molecule has 0 amide bonds. The van der Waals surface area contributed by atoms with Crippen molar-refractivity contribution in [3.63, 3.8) is 0 Å². The average molecular weight is 277 g/mol. The molecule has 1 aliphatic carbocycles. The minimum atomic E-state index is 0.430. The first kappa shape index (κ1) is 13.0. The molecule has 102 valence electrons. The predicted octanol–water partition coefficient (Wildman–Crippen LogP) is 4.52. The summed E-state index contributed by atoms with van der Waals surface area (Å²) in [5, 5.41) is 5.78. The molecule has 0 spiro atoms. The van der Waals surface area contributed by atoms with Crippen molar-refractivity contribution < 1.29 is 0 Å². The topological polar surface area (TPSA) is 17.0 Å². The Bertz CT molecular complexity index is 582. The van der Waals surface area contributed by atoms with Gasteiger partial charge in [0.2, 0.25) is 0 Å². The fourth-order valence-corrected chi connectivity index (χ4v) is 3.03. The van der Waals surface area contributed by atoms with Crippen LogP contribution in [0.15, 0.2) is 24.4 Å². The van der Waals surface area contributed by atoms with E-state index in [9.17, 15) is 0 Å². The number of benzene rings is 1. The van der Waals surface area contributed by atoms with Gasteiger partial charge < -0.3 is 9.88 Å². The molecular weight excluding hydrogens is 256 g/mol. The fourth-order valence-electron chi connectivity index (χ4n) is 2.75. The normalized spacial score (nSPS) is 16.2. The van der Waals surface area contributed by atoms with E-state index >= 15 is 0 Å². The number of fused-ring (bicyclic) bond motifs is 1. The van der Waals surface area contributed by atoms with Crippen LogP contribution in [0.4, 0.5) is 0 Å². The van der Waals surface area contributed by atoms with E-state index in [1.807, 2.05) is 12.1 Å². The number of nitrogens with one attached hydrogen (secondary N) is 1. The Hall–Kier alpha value is -0.990. The van der Waals surface area contributed by atoms with Crippen LogP contribution in [0.25, 0.3) is 10.9 Å². The van der Waals surface area contributed by atoms with E-state index in [0.29, 0.717) is 6.04 Å². The van der Waals surface area contributed by atoms with E-state index in [-0.39, 0.29) is 0 Å². The summed E-state index contributed by atoms with van der Waals surface area (Å²) in [6.45, 7) is 5.35. The second-order valence-corrected chi connectivity index (χ2v) is 6.21. The van der Waals surface area contributed by atoms with Gasteiger partial charge in [-0.05, 0) is 38.3 Å². The molecule has 0 bridgehead atoms. The molecule has 1 aliphatic rings. The van der Waals surface area contributed by atoms with Gasteiger partial charge >= 0.3 is 0 Å². The molecule has 1 aromatic carbocycles. The number of rotatable bonds is 4. The summed E-state index contributed by atoms with van der Waals surface area (Å²) in [7, 11) is 0. The molecular formula is C16H21ClN2. The third-order valence-electron chi connectivity index (χ3n) is 4.13. The number of hydrogen-bond acceptors (Lipinski definition) is 1. The predicted molar refractivity (Wildman–Crippen MR) is 81.8 cm³/mol. The maximum Gasteiger partial charge on any atom is 0.0675 e. The van der Waals surface area contributed by atoms with Gasteiger partial charge in [0.15, 0.2) is 0 Å². The Balaban J connectivity index is 1.96. The molecule has 2 aromatic rings. The highest BCUT2D eigenvalue weighted by Crippen LogP contribution is 2.31. The van der Waals surface area contributed by atoms with E-state index in [0.717, 1.165) is 17.6 Å². The van der Waals surface area contributed by atoms with Gasteiger partial charge in [0.25, 0.3) is 0 Å². The van der Waals surface area contributed by atoms with Crippen LogP contribution >= 0.6 is 11.6 Å². The standard InChI is InChI=1S/C16H21ClN2/c1-11(2)19-10-12(9-18-13-5-3-6-13)14-7-4-8-15(17)16(14)19/h4,7-8,10-11,13,18H,3,5-6,9H2,1-2H3. The summed E-state index contributed by atoms with van der Waals surface area (Å²) in [4.78, 5) is 0. The molecule has 0 aliphatic heterocycles. The van der Waals surface area contributed by atoms with Crippen LogP contribution in [0, 0.1) is 0 Å². The molecule has 1 heterocycles. The van der Waals surface area contributed by atoms with Crippen LogP contribution in [0.2, 0.25) is 5.02 Å². The Morgan fingerprint density at radius 3 is 2.79 bits per heavy atom. The van der Waals surface area contributed by atoms with Crippen molar-refractivity contribution in [1.82, 2.24) is 9.88 Å². The lowest BCUT2D eigenvalue weighted by molar-refractivity contribution is 0.338. The molecule has 0 saturated heterocycles. The first-order chi connectivity index (χ1) is 9.16. The summed E-state index contributed by atoms with van der Waals surface area (Å²) in [6, 6.07) is 7.35. The van der Waals surface area contributed by atoms with Gasteiger partial charge in [-0.25, -0.2) is 0 Å². The lowest BCUT2D eigenvalue weighted by Gasteiger charge is -2.26. The highest BCUT2D eigenvalue weighted by Gasteiger charge is 2.18. The van der Waals surface area contributed by atoms with Crippen molar-refractivity contribution in [3.05, 3.63) is 35.0 Å². The van der Waals surface area contributed by atoms with Gasteiger partial charge in [0, 0.05) is 30.2 Å². The monoisotopic (exact) mass is 276 g/mol. The Morgan fingerprint density at radius 1 is 1.37 bits per heavy atom. The zero-order chi connectivity index (χ0) is 13.4. The van der Waals surface area contributed by atoms with Crippen LogP contribution in [0.1, 0.15) is 44.7 Å². The quantitative estimate of drug-likeness (QED) is 0.869. The number of nitrogens with zero attached hydrogens (tertiary/aromatic N) is 1. The van der Waals surface area contributed by atoms with Gasteiger partial charge in [0.05, 0.1) is 10.5 Å². The second-order valence-electron chi connectivity index (χ2n) is 5.80. The average Bonchev–Trinajstić information content (AvgIpc) is 2.68. The van der Waals surface area contributed by atoms with Gasteiger partial charge in [-0.3, -0.25) is 0 Å².